The smallest absolute Gasteiger partial charge is 0.236 e. The molecule has 6 heteroatoms. The number of rotatable bonds is 5. The minimum atomic E-state index is -0.437. The zero-order valence-corrected chi connectivity index (χ0v) is 10.1. The maximum Gasteiger partial charge on any atom is 0.236 e. The van der Waals surface area contributed by atoms with Gasteiger partial charge in [0, 0.05) is 25.9 Å². The number of primary amides is 1. The van der Waals surface area contributed by atoms with Gasteiger partial charge in [0.05, 0.1) is 13.1 Å². The molecule has 6 nitrogen and oxygen atoms in total. The first-order chi connectivity index (χ1) is 8.02. The Morgan fingerprint density at radius 2 is 1.88 bits per heavy atom. The Labute approximate surface area is 101 Å². The summed E-state index contributed by atoms with van der Waals surface area (Å²) >= 11 is 0. The summed E-state index contributed by atoms with van der Waals surface area (Å²) in [5.74, 6) is -0.271. The Bertz CT molecular complexity index is 307. The fourth-order valence-electron chi connectivity index (χ4n) is 1.80. The Kier molecular flexibility index (Phi) is 5.09. The second-order valence-electron chi connectivity index (χ2n) is 4.19. The van der Waals surface area contributed by atoms with Gasteiger partial charge in [-0.15, -0.1) is 0 Å². The fraction of sp³-hybridized carbons (Fsp3) is 0.727. The van der Waals surface area contributed by atoms with Gasteiger partial charge < -0.3 is 10.6 Å². The molecular formula is C11H19N3O3. The predicted octanol–water partition coefficient (Wildman–Crippen LogP) is -1.01. The lowest BCUT2D eigenvalue weighted by Crippen LogP contribution is -2.46. The SMILES string of the molecule is CCN(CC(N)=O)CC(=O)N1CCC(=O)CC1. The van der Waals surface area contributed by atoms with E-state index in [4.69, 9.17) is 5.73 Å². The molecule has 0 aliphatic carbocycles. The van der Waals surface area contributed by atoms with Crippen molar-refractivity contribution >= 4 is 17.6 Å². The van der Waals surface area contributed by atoms with Crippen molar-refractivity contribution in [2.75, 3.05) is 32.7 Å². The highest BCUT2D eigenvalue weighted by molar-refractivity contribution is 5.84. The molecule has 0 saturated carbocycles. The van der Waals surface area contributed by atoms with Crippen molar-refractivity contribution in [1.29, 1.82) is 0 Å². The fourth-order valence-corrected chi connectivity index (χ4v) is 1.80. The van der Waals surface area contributed by atoms with Gasteiger partial charge in [-0.2, -0.15) is 0 Å². The third kappa shape index (κ3) is 4.52. The Morgan fingerprint density at radius 1 is 1.29 bits per heavy atom. The van der Waals surface area contributed by atoms with Crippen LogP contribution in [0.25, 0.3) is 0 Å². The highest BCUT2D eigenvalue weighted by Gasteiger charge is 2.22. The number of carbonyl (C=O) groups is 3. The van der Waals surface area contributed by atoms with Crippen LogP contribution in [-0.4, -0.2) is 60.1 Å². The number of hydrogen-bond acceptors (Lipinski definition) is 4. The highest BCUT2D eigenvalue weighted by Crippen LogP contribution is 2.06. The molecule has 0 spiro atoms. The predicted molar refractivity (Wildman–Crippen MR) is 62.1 cm³/mol. The van der Waals surface area contributed by atoms with Crippen molar-refractivity contribution in [2.45, 2.75) is 19.8 Å². The largest absolute Gasteiger partial charge is 0.369 e. The van der Waals surface area contributed by atoms with Gasteiger partial charge in [0.2, 0.25) is 11.8 Å². The number of nitrogens with two attached hydrogens (primary N) is 1. The Hall–Kier alpha value is -1.43. The van der Waals surface area contributed by atoms with Gasteiger partial charge >= 0.3 is 0 Å². The van der Waals surface area contributed by atoms with Crippen LogP contribution in [0.1, 0.15) is 19.8 Å². The maximum atomic E-state index is 11.9. The van der Waals surface area contributed by atoms with E-state index in [1.807, 2.05) is 6.92 Å². The quantitative estimate of drug-likeness (QED) is 0.668. The van der Waals surface area contributed by atoms with Crippen LogP contribution >= 0.6 is 0 Å². The third-order valence-electron chi connectivity index (χ3n) is 2.86. The summed E-state index contributed by atoms with van der Waals surface area (Å²) in [6.45, 7) is 3.73. The first-order valence-electron chi connectivity index (χ1n) is 5.83. The minimum Gasteiger partial charge on any atom is -0.369 e. The monoisotopic (exact) mass is 241 g/mol. The van der Waals surface area contributed by atoms with E-state index in [1.165, 1.54) is 0 Å². The van der Waals surface area contributed by atoms with Gasteiger partial charge in [-0.1, -0.05) is 6.92 Å². The molecule has 1 aliphatic rings. The van der Waals surface area contributed by atoms with E-state index in [2.05, 4.69) is 0 Å². The van der Waals surface area contributed by atoms with Crippen LogP contribution < -0.4 is 5.73 Å². The number of likely N-dealkylation sites (N-methyl/N-ethyl adjacent to an activating group) is 1. The minimum absolute atomic E-state index is 0.0411. The van der Waals surface area contributed by atoms with Crippen molar-refractivity contribution in [3.63, 3.8) is 0 Å². The van der Waals surface area contributed by atoms with E-state index in [0.717, 1.165) is 0 Å². The van der Waals surface area contributed by atoms with E-state index in [9.17, 15) is 14.4 Å². The van der Waals surface area contributed by atoms with Gasteiger partial charge in [0.25, 0.3) is 0 Å². The van der Waals surface area contributed by atoms with Gasteiger partial charge in [-0.25, -0.2) is 0 Å². The van der Waals surface area contributed by atoms with Crippen molar-refractivity contribution in [2.24, 2.45) is 5.73 Å². The summed E-state index contributed by atoms with van der Waals surface area (Å²) < 4.78 is 0. The molecule has 0 bridgehead atoms. The van der Waals surface area contributed by atoms with Crippen LogP contribution in [0.4, 0.5) is 0 Å². The van der Waals surface area contributed by atoms with Crippen molar-refractivity contribution in [1.82, 2.24) is 9.80 Å². The molecule has 0 aromatic carbocycles. The van der Waals surface area contributed by atoms with Gasteiger partial charge in [-0.3, -0.25) is 19.3 Å². The summed E-state index contributed by atoms with van der Waals surface area (Å²) in [6, 6.07) is 0. The van der Waals surface area contributed by atoms with Crippen LogP contribution in [0.15, 0.2) is 0 Å². The molecule has 0 atom stereocenters. The molecule has 2 N–H and O–H groups in total. The second-order valence-corrected chi connectivity index (χ2v) is 4.19. The zero-order valence-electron chi connectivity index (χ0n) is 10.1. The number of nitrogens with zero attached hydrogens (tertiary/aromatic N) is 2. The number of Topliss-reactive ketones (excluding diaryl/α,β-unsaturated/α-hetero) is 1. The number of likely N-dealkylation sites (tertiary alicyclic amines) is 1. The van der Waals surface area contributed by atoms with Crippen LogP contribution in [-0.2, 0) is 14.4 Å². The Balaban J connectivity index is 2.41. The molecule has 1 saturated heterocycles. The average Bonchev–Trinajstić information content (AvgIpc) is 2.28. The van der Waals surface area contributed by atoms with E-state index in [-0.39, 0.29) is 24.8 Å². The van der Waals surface area contributed by atoms with Crippen LogP contribution in [0, 0.1) is 0 Å². The van der Waals surface area contributed by atoms with Crippen LogP contribution in [0.2, 0.25) is 0 Å². The molecule has 1 fully saturated rings. The average molecular weight is 241 g/mol. The number of hydrogen-bond donors (Lipinski definition) is 1. The summed E-state index contributed by atoms with van der Waals surface area (Å²) in [5.41, 5.74) is 5.09. The summed E-state index contributed by atoms with van der Waals surface area (Å²) in [5, 5.41) is 0. The first-order valence-corrected chi connectivity index (χ1v) is 5.83. The molecule has 0 unspecified atom stereocenters. The molecule has 1 heterocycles. The van der Waals surface area contributed by atoms with E-state index in [0.29, 0.717) is 32.5 Å². The standard InChI is InChI=1S/C11H19N3O3/c1-2-13(7-10(12)16)8-11(17)14-5-3-9(15)4-6-14/h2-8H2,1H3,(H2,12,16). The first kappa shape index (κ1) is 13.6. The van der Waals surface area contributed by atoms with E-state index in [1.54, 1.807) is 9.80 Å². The molecule has 1 aliphatic heterocycles. The molecule has 0 aromatic heterocycles. The molecule has 0 radical (unpaired) electrons. The third-order valence-corrected chi connectivity index (χ3v) is 2.86. The molecule has 17 heavy (non-hydrogen) atoms. The maximum absolute atomic E-state index is 11.9. The number of carbonyl (C=O) groups excluding carboxylic acids is 3. The number of ketones is 1. The summed E-state index contributed by atoms with van der Waals surface area (Å²) in [6.07, 6.45) is 0.876. The molecule has 1 rings (SSSR count). The summed E-state index contributed by atoms with van der Waals surface area (Å²) in [4.78, 5) is 37.1. The molecular weight excluding hydrogens is 222 g/mol. The molecule has 2 amide bonds. The van der Waals surface area contributed by atoms with Gasteiger partial charge in [-0.05, 0) is 6.54 Å². The normalized spacial score (nSPS) is 16.4. The topological polar surface area (TPSA) is 83.7 Å². The highest BCUT2D eigenvalue weighted by atomic mass is 16.2. The summed E-state index contributed by atoms with van der Waals surface area (Å²) in [7, 11) is 0. The van der Waals surface area contributed by atoms with Gasteiger partial charge in [0.15, 0.2) is 0 Å². The molecule has 96 valence electrons. The van der Waals surface area contributed by atoms with Gasteiger partial charge in [0.1, 0.15) is 5.78 Å². The van der Waals surface area contributed by atoms with Crippen LogP contribution in [0.5, 0.6) is 0 Å². The van der Waals surface area contributed by atoms with Crippen LogP contribution in [0.3, 0.4) is 0 Å². The number of piperidine rings is 1. The van der Waals surface area contributed by atoms with E-state index >= 15 is 0 Å². The lowest BCUT2D eigenvalue weighted by molar-refractivity contribution is -0.135. The lowest BCUT2D eigenvalue weighted by Gasteiger charge is -2.28. The molecule has 0 aromatic rings. The van der Waals surface area contributed by atoms with Crippen molar-refractivity contribution in [3.8, 4) is 0 Å². The zero-order chi connectivity index (χ0) is 12.8. The Morgan fingerprint density at radius 3 is 2.35 bits per heavy atom. The van der Waals surface area contributed by atoms with E-state index < -0.39 is 5.91 Å². The second kappa shape index (κ2) is 6.34. The van der Waals surface area contributed by atoms with Crippen molar-refractivity contribution in [3.05, 3.63) is 0 Å². The van der Waals surface area contributed by atoms with Crippen molar-refractivity contribution < 1.29 is 14.4 Å². The lowest BCUT2D eigenvalue weighted by atomic mass is 10.1. The number of amides is 2.